The van der Waals surface area contributed by atoms with E-state index in [0.717, 1.165) is 16.7 Å². The van der Waals surface area contributed by atoms with Gasteiger partial charge in [-0.15, -0.1) is 0 Å². The van der Waals surface area contributed by atoms with Crippen LogP contribution in [0.25, 0.3) is 0 Å². The fraction of sp³-hybridized carbons (Fsp3) is 0.279. The molecule has 300 valence electrons. The number of amides is 5. The summed E-state index contributed by atoms with van der Waals surface area (Å²) in [6.07, 6.45) is 6.22. The van der Waals surface area contributed by atoms with Crippen molar-refractivity contribution in [3.8, 4) is 0 Å². The van der Waals surface area contributed by atoms with Crippen LogP contribution in [0.4, 0.5) is 0 Å². The molecular formula is C43H48N10O5. The van der Waals surface area contributed by atoms with E-state index in [9.17, 15) is 24.0 Å². The number of carbonyl (C=O) groups is 5. The molecule has 15 heteroatoms. The number of nitrogens with two attached hydrogens (primary N) is 1. The summed E-state index contributed by atoms with van der Waals surface area (Å²) in [5.41, 5.74) is 10.3. The van der Waals surface area contributed by atoms with Gasteiger partial charge in [-0.2, -0.15) is 0 Å². The minimum Gasteiger partial charge on any atom is -0.368 e. The Morgan fingerprint density at radius 1 is 0.483 bits per heavy atom. The van der Waals surface area contributed by atoms with E-state index in [1.807, 2.05) is 91.0 Å². The molecule has 2 aromatic heterocycles. The lowest BCUT2D eigenvalue weighted by Crippen LogP contribution is -2.50. The van der Waals surface area contributed by atoms with Gasteiger partial charge in [-0.3, -0.25) is 43.9 Å². The number of carbonyl (C=O) groups excluding carboxylic acids is 5. The molecule has 0 saturated heterocycles. The molecule has 15 nitrogen and oxygen atoms in total. The number of hydrogen-bond donors (Lipinski definition) is 2. The highest BCUT2D eigenvalue weighted by atomic mass is 16.2. The standard InChI is InChI=1S/C43H48N10O5/c1-32-18-48-37(21-46-32)26-52(40(55)23-45-20-34-12-6-3-7-13-34)30-42(57)51(25-36-16-10-5-11-17-36)29-43(58)53(27-38-22-47-33(2)19-49-38)31-41(56)50(28-39(44)54)24-35-14-8-4-9-15-35/h3-19,21-22,45H,20,23-31H2,1-2H3,(H2,44,54). The number of benzene rings is 3. The quantitative estimate of drug-likeness (QED) is 0.119. The maximum absolute atomic E-state index is 14.4. The minimum atomic E-state index is -0.711. The largest absolute Gasteiger partial charge is 0.368 e. The second-order valence-corrected chi connectivity index (χ2v) is 13.8. The second-order valence-electron chi connectivity index (χ2n) is 13.8. The van der Waals surface area contributed by atoms with Gasteiger partial charge in [0.25, 0.3) is 0 Å². The Morgan fingerprint density at radius 2 is 0.862 bits per heavy atom. The Kier molecular flexibility index (Phi) is 15.6. The second kappa shape index (κ2) is 21.4. The third-order valence-corrected chi connectivity index (χ3v) is 8.99. The molecule has 5 rings (SSSR count). The molecule has 2 heterocycles. The van der Waals surface area contributed by atoms with Crippen LogP contribution in [0.2, 0.25) is 0 Å². The number of nitrogens with one attached hydrogen (secondary N) is 1. The molecular weight excluding hydrogens is 737 g/mol. The van der Waals surface area contributed by atoms with Gasteiger partial charge in [0.1, 0.15) is 19.6 Å². The van der Waals surface area contributed by atoms with E-state index in [1.165, 1.54) is 25.8 Å². The van der Waals surface area contributed by atoms with E-state index in [4.69, 9.17) is 5.73 Å². The fourth-order valence-corrected chi connectivity index (χ4v) is 5.93. The molecule has 0 atom stereocenters. The van der Waals surface area contributed by atoms with Gasteiger partial charge in [-0.25, -0.2) is 0 Å². The van der Waals surface area contributed by atoms with Crippen LogP contribution in [0.15, 0.2) is 116 Å². The first-order valence-electron chi connectivity index (χ1n) is 18.8. The molecule has 0 unspecified atom stereocenters. The van der Waals surface area contributed by atoms with Gasteiger partial charge in [0.05, 0.1) is 61.3 Å². The van der Waals surface area contributed by atoms with Gasteiger partial charge in [-0.1, -0.05) is 91.0 Å². The molecule has 0 spiro atoms. The summed E-state index contributed by atoms with van der Waals surface area (Å²) in [5.74, 6) is -2.66. The van der Waals surface area contributed by atoms with Crippen molar-refractivity contribution in [1.82, 2.24) is 44.9 Å². The Bertz CT molecular complexity index is 2110. The van der Waals surface area contributed by atoms with E-state index in [2.05, 4.69) is 25.3 Å². The smallest absolute Gasteiger partial charge is 0.243 e. The van der Waals surface area contributed by atoms with Crippen molar-refractivity contribution < 1.29 is 24.0 Å². The SMILES string of the molecule is Cc1cnc(CN(CC(=O)N(CC(=O)N(CC(=O)N(CC(N)=O)Cc2ccccc2)Cc2cnc(C)cn2)Cc2ccccc2)C(=O)CNCc2ccccc2)cn1. The third kappa shape index (κ3) is 13.7. The van der Waals surface area contributed by atoms with Crippen LogP contribution in [0.5, 0.6) is 0 Å². The maximum Gasteiger partial charge on any atom is 0.243 e. The molecule has 0 aliphatic heterocycles. The first kappa shape index (κ1) is 42.3. The van der Waals surface area contributed by atoms with Crippen molar-refractivity contribution >= 4 is 29.5 Å². The first-order chi connectivity index (χ1) is 28.0. The molecule has 0 aliphatic rings. The Morgan fingerprint density at radius 3 is 1.26 bits per heavy atom. The summed E-state index contributed by atoms with van der Waals surface area (Å²) in [6.45, 7) is 2.37. The van der Waals surface area contributed by atoms with Crippen LogP contribution < -0.4 is 11.1 Å². The van der Waals surface area contributed by atoms with Crippen molar-refractivity contribution in [2.75, 3.05) is 32.7 Å². The third-order valence-electron chi connectivity index (χ3n) is 8.99. The Labute approximate surface area is 337 Å². The van der Waals surface area contributed by atoms with Crippen molar-refractivity contribution in [1.29, 1.82) is 0 Å². The molecule has 0 radical (unpaired) electrons. The lowest BCUT2D eigenvalue weighted by Gasteiger charge is -2.31. The van der Waals surface area contributed by atoms with E-state index in [-0.39, 0.29) is 51.7 Å². The van der Waals surface area contributed by atoms with Crippen LogP contribution in [-0.4, -0.2) is 102 Å². The first-order valence-corrected chi connectivity index (χ1v) is 18.8. The number of aryl methyl sites for hydroxylation is 2. The number of hydrogen-bond acceptors (Lipinski definition) is 10. The molecule has 0 aliphatic carbocycles. The van der Waals surface area contributed by atoms with Crippen molar-refractivity contribution in [2.45, 2.75) is 46.6 Å². The Balaban J connectivity index is 1.39. The fourth-order valence-electron chi connectivity index (χ4n) is 5.93. The Hall–Kier alpha value is -6.87. The van der Waals surface area contributed by atoms with Crippen LogP contribution >= 0.6 is 0 Å². The molecule has 5 amide bonds. The minimum absolute atomic E-state index is 0.00181. The highest BCUT2D eigenvalue weighted by molar-refractivity contribution is 5.91. The van der Waals surface area contributed by atoms with Gasteiger partial charge in [0.15, 0.2) is 0 Å². The predicted molar refractivity (Wildman–Crippen MR) is 215 cm³/mol. The molecule has 3 N–H and O–H groups in total. The van der Waals surface area contributed by atoms with Crippen molar-refractivity contribution in [3.05, 3.63) is 155 Å². The number of aromatic nitrogens is 4. The molecule has 58 heavy (non-hydrogen) atoms. The summed E-state index contributed by atoms with van der Waals surface area (Å²) in [4.78, 5) is 91.2. The van der Waals surface area contributed by atoms with Crippen LogP contribution in [-0.2, 0) is 56.7 Å². The summed E-state index contributed by atoms with van der Waals surface area (Å²) >= 11 is 0. The van der Waals surface area contributed by atoms with Crippen molar-refractivity contribution in [2.24, 2.45) is 5.73 Å². The zero-order chi connectivity index (χ0) is 41.3. The zero-order valence-corrected chi connectivity index (χ0v) is 32.7. The molecule has 3 aromatic carbocycles. The number of rotatable bonds is 20. The summed E-state index contributed by atoms with van der Waals surface area (Å²) in [5, 5.41) is 3.16. The van der Waals surface area contributed by atoms with Gasteiger partial charge >= 0.3 is 0 Å². The molecule has 0 fully saturated rings. The number of primary amides is 1. The van der Waals surface area contributed by atoms with Crippen LogP contribution in [0, 0.1) is 13.8 Å². The topological polar surface area (TPSA) is 188 Å². The summed E-state index contributed by atoms with van der Waals surface area (Å²) in [7, 11) is 0. The number of nitrogens with zero attached hydrogens (tertiary/aromatic N) is 8. The predicted octanol–water partition coefficient (Wildman–Crippen LogP) is 2.57. The van der Waals surface area contributed by atoms with Crippen LogP contribution in [0.3, 0.4) is 0 Å². The molecule has 0 bridgehead atoms. The monoisotopic (exact) mass is 784 g/mol. The lowest BCUT2D eigenvalue weighted by atomic mass is 10.2. The summed E-state index contributed by atoms with van der Waals surface area (Å²) in [6, 6.07) is 27.9. The highest BCUT2D eigenvalue weighted by Gasteiger charge is 2.28. The van der Waals surface area contributed by atoms with E-state index in [1.54, 1.807) is 32.4 Å². The highest BCUT2D eigenvalue weighted by Crippen LogP contribution is 2.12. The van der Waals surface area contributed by atoms with Gasteiger partial charge in [0.2, 0.25) is 29.5 Å². The molecule has 0 saturated carbocycles. The van der Waals surface area contributed by atoms with Crippen molar-refractivity contribution in [3.63, 3.8) is 0 Å². The summed E-state index contributed by atoms with van der Waals surface area (Å²) < 4.78 is 0. The van der Waals surface area contributed by atoms with E-state index < -0.39 is 36.7 Å². The average Bonchev–Trinajstić information content (AvgIpc) is 3.22. The zero-order valence-electron chi connectivity index (χ0n) is 32.7. The van der Waals surface area contributed by atoms with Gasteiger partial charge < -0.3 is 30.7 Å². The average molecular weight is 785 g/mol. The maximum atomic E-state index is 14.4. The lowest BCUT2D eigenvalue weighted by molar-refractivity contribution is -0.147. The van der Waals surface area contributed by atoms with E-state index in [0.29, 0.717) is 29.3 Å². The van der Waals surface area contributed by atoms with Crippen LogP contribution in [0.1, 0.15) is 39.5 Å². The van der Waals surface area contributed by atoms with Gasteiger partial charge in [0, 0.05) is 32.0 Å². The normalized spacial score (nSPS) is 10.7. The molecule has 5 aromatic rings. The van der Waals surface area contributed by atoms with Gasteiger partial charge in [-0.05, 0) is 30.5 Å². The van der Waals surface area contributed by atoms with E-state index >= 15 is 0 Å².